The van der Waals surface area contributed by atoms with Gasteiger partial charge < -0.3 is 9.47 Å². The molecular formula is C14H29NO3S. The normalized spacial score (nSPS) is 11.6. The van der Waals surface area contributed by atoms with Crippen LogP contribution in [0, 0.1) is 0 Å². The first-order valence-electron chi connectivity index (χ1n) is 7.15. The molecule has 0 aromatic rings. The molecule has 0 saturated carbocycles. The third-order valence-corrected chi connectivity index (χ3v) is 4.13. The molecule has 19 heavy (non-hydrogen) atoms. The summed E-state index contributed by atoms with van der Waals surface area (Å²) in [7, 11) is 3.11. The third kappa shape index (κ3) is 10.2. The topological polar surface area (TPSA) is 47.6 Å². The molecule has 0 aromatic heterocycles. The highest BCUT2D eigenvalue weighted by atomic mass is 32.2. The van der Waals surface area contributed by atoms with Gasteiger partial charge in [-0.05, 0) is 6.42 Å². The quantitative estimate of drug-likeness (QED) is 0.337. The van der Waals surface area contributed by atoms with Crippen molar-refractivity contribution in [2.24, 2.45) is 0 Å². The molecule has 0 fully saturated rings. The van der Waals surface area contributed by atoms with Crippen LogP contribution in [-0.2, 0) is 14.3 Å². The van der Waals surface area contributed by atoms with Crippen LogP contribution in [0.3, 0.4) is 0 Å². The van der Waals surface area contributed by atoms with Gasteiger partial charge in [-0.1, -0.05) is 45.4 Å². The Morgan fingerprint density at radius 1 is 1.05 bits per heavy atom. The SMILES string of the molecule is CCCCCCCCCC(=O)NSC(C)(OC)OC. The lowest BCUT2D eigenvalue weighted by Gasteiger charge is -2.24. The van der Waals surface area contributed by atoms with Crippen LogP contribution in [0.1, 0.15) is 65.2 Å². The molecule has 0 spiro atoms. The Labute approximate surface area is 122 Å². The van der Waals surface area contributed by atoms with Gasteiger partial charge >= 0.3 is 0 Å². The van der Waals surface area contributed by atoms with Crippen molar-refractivity contribution >= 4 is 17.9 Å². The number of carbonyl (C=O) groups is 1. The lowest BCUT2D eigenvalue weighted by atomic mass is 10.1. The lowest BCUT2D eigenvalue weighted by Crippen LogP contribution is -2.31. The molecule has 0 aliphatic heterocycles. The van der Waals surface area contributed by atoms with E-state index in [2.05, 4.69) is 11.6 Å². The molecular weight excluding hydrogens is 262 g/mol. The van der Waals surface area contributed by atoms with Gasteiger partial charge in [0, 0.05) is 39.5 Å². The van der Waals surface area contributed by atoms with Crippen molar-refractivity contribution in [1.82, 2.24) is 4.72 Å². The first-order chi connectivity index (χ1) is 9.08. The molecule has 1 N–H and O–H groups in total. The molecule has 114 valence electrons. The van der Waals surface area contributed by atoms with E-state index in [4.69, 9.17) is 9.47 Å². The summed E-state index contributed by atoms with van der Waals surface area (Å²) in [5.74, 6) is 0.0406. The highest BCUT2D eigenvalue weighted by Gasteiger charge is 2.24. The van der Waals surface area contributed by atoms with Gasteiger partial charge in [0.1, 0.15) is 0 Å². The van der Waals surface area contributed by atoms with Gasteiger partial charge in [0.25, 0.3) is 0 Å². The Hall–Kier alpha value is -0.260. The molecule has 0 aliphatic carbocycles. The Balaban J connectivity index is 3.49. The van der Waals surface area contributed by atoms with Crippen molar-refractivity contribution < 1.29 is 14.3 Å². The second-order valence-corrected chi connectivity index (χ2v) is 5.92. The van der Waals surface area contributed by atoms with Crippen LogP contribution >= 0.6 is 11.9 Å². The lowest BCUT2D eigenvalue weighted by molar-refractivity contribution is -0.124. The number of hydrogen-bond acceptors (Lipinski definition) is 4. The molecule has 0 heterocycles. The van der Waals surface area contributed by atoms with Crippen molar-refractivity contribution in [1.29, 1.82) is 0 Å². The monoisotopic (exact) mass is 291 g/mol. The summed E-state index contributed by atoms with van der Waals surface area (Å²) in [4.78, 5) is 11.6. The van der Waals surface area contributed by atoms with Crippen LogP contribution in [0.2, 0.25) is 0 Å². The van der Waals surface area contributed by atoms with Crippen molar-refractivity contribution in [3.63, 3.8) is 0 Å². The largest absolute Gasteiger partial charge is 0.344 e. The van der Waals surface area contributed by atoms with E-state index in [1.807, 2.05) is 0 Å². The summed E-state index contributed by atoms with van der Waals surface area (Å²) >= 11 is 1.16. The summed E-state index contributed by atoms with van der Waals surface area (Å²) in [5, 5.41) is -0.810. The van der Waals surface area contributed by atoms with E-state index in [1.165, 1.54) is 32.1 Å². The molecule has 0 aromatic carbocycles. The van der Waals surface area contributed by atoms with Crippen LogP contribution in [0.4, 0.5) is 0 Å². The van der Waals surface area contributed by atoms with Crippen LogP contribution in [0.5, 0.6) is 0 Å². The predicted molar refractivity (Wildman–Crippen MR) is 80.8 cm³/mol. The van der Waals surface area contributed by atoms with E-state index in [-0.39, 0.29) is 5.91 Å². The van der Waals surface area contributed by atoms with Gasteiger partial charge in [0.05, 0.1) is 0 Å². The number of methoxy groups -OCH3 is 2. The third-order valence-electron chi connectivity index (χ3n) is 3.10. The highest BCUT2D eigenvalue weighted by molar-refractivity contribution is 7.98. The van der Waals surface area contributed by atoms with Crippen molar-refractivity contribution in [3.05, 3.63) is 0 Å². The van der Waals surface area contributed by atoms with E-state index in [0.717, 1.165) is 24.8 Å². The predicted octanol–water partition coefficient (Wildman–Crippen LogP) is 3.86. The second-order valence-electron chi connectivity index (χ2n) is 4.77. The maximum Gasteiger partial charge on any atom is 0.233 e. The molecule has 0 atom stereocenters. The zero-order valence-electron chi connectivity index (χ0n) is 12.8. The minimum atomic E-state index is -0.810. The van der Waals surface area contributed by atoms with E-state index < -0.39 is 5.12 Å². The molecule has 0 rings (SSSR count). The number of rotatable bonds is 12. The number of carbonyl (C=O) groups excluding carboxylic acids is 1. The zero-order chi connectivity index (χ0) is 14.6. The first-order valence-corrected chi connectivity index (χ1v) is 7.96. The van der Waals surface area contributed by atoms with Gasteiger partial charge in [-0.3, -0.25) is 9.52 Å². The minimum Gasteiger partial charge on any atom is -0.344 e. The Morgan fingerprint density at radius 3 is 2.11 bits per heavy atom. The summed E-state index contributed by atoms with van der Waals surface area (Å²) < 4.78 is 13.1. The van der Waals surface area contributed by atoms with E-state index in [9.17, 15) is 4.79 Å². The molecule has 0 unspecified atom stereocenters. The highest BCUT2D eigenvalue weighted by Crippen LogP contribution is 2.23. The number of ether oxygens (including phenoxy) is 2. The molecule has 0 bridgehead atoms. The number of nitrogens with one attached hydrogen (secondary N) is 1. The summed E-state index contributed by atoms with van der Waals surface area (Å²) in [6.45, 7) is 3.99. The van der Waals surface area contributed by atoms with E-state index >= 15 is 0 Å². The first kappa shape index (κ1) is 18.7. The van der Waals surface area contributed by atoms with Crippen LogP contribution in [0.25, 0.3) is 0 Å². The average Bonchev–Trinajstić information content (AvgIpc) is 2.44. The van der Waals surface area contributed by atoms with Crippen molar-refractivity contribution in [2.75, 3.05) is 14.2 Å². The fraction of sp³-hybridized carbons (Fsp3) is 0.929. The van der Waals surface area contributed by atoms with Gasteiger partial charge in [-0.2, -0.15) is 0 Å². The van der Waals surface area contributed by atoms with E-state index in [1.54, 1.807) is 21.1 Å². The summed E-state index contributed by atoms with van der Waals surface area (Å²) in [6, 6.07) is 0. The van der Waals surface area contributed by atoms with Gasteiger partial charge in [-0.15, -0.1) is 0 Å². The van der Waals surface area contributed by atoms with Crippen LogP contribution < -0.4 is 4.72 Å². The van der Waals surface area contributed by atoms with Gasteiger partial charge in [0.2, 0.25) is 11.0 Å². The minimum absolute atomic E-state index is 0.0406. The average molecular weight is 291 g/mol. The Bertz CT molecular complexity index is 233. The number of amides is 1. The second kappa shape index (κ2) is 11.6. The van der Waals surface area contributed by atoms with Crippen molar-refractivity contribution in [3.8, 4) is 0 Å². The smallest absolute Gasteiger partial charge is 0.233 e. The van der Waals surface area contributed by atoms with Crippen molar-refractivity contribution in [2.45, 2.75) is 70.3 Å². The molecule has 5 heteroatoms. The van der Waals surface area contributed by atoms with Gasteiger partial charge in [0.15, 0.2) is 0 Å². The summed E-state index contributed by atoms with van der Waals surface area (Å²) in [6.07, 6.45) is 9.09. The molecule has 0 saturated heterocycles. The Kier molecular flexibility index (Phi) is 11.4. The van der Waals surface area contributed by atoms with Crippen LogP contribution in [-0.4, -0.2) is 25.2 Å². The fourth-order valence-corrected chi connectivity index (χ4v) is 2.18. The van der Waals surface area contributed by atoms with Crippen LogP contribution in [0.15, 0.2) is 0 Å². The maximum absolute atomic E-state index is 11.6. The molecule has 1 amide bonds. The molecule has 4 nitrogen and oxygen atoms in total. The van der Waals surface area contributed by atoms with Gasteiger partial charge in [-0.25, -0.2) is 0 Å². The number of unbranched alkanes of at least 4 members (excludes halogenated alkanes) is 6. The zero-order valence-corrected chi connectivity index (χ0v) is 13.6. The summed E-state index contributed by atoms with van der Waals surface area (Å²) in [5.41, 5.74) is 0. The molecule has 0 radical (unpaired) electrons. The number of hydrogen-bond donors (Lipinski definition) is 1. The Morgan fingerprint density at radius 2 is 1.58 bits per heavy atom. The fourth-order valence-electron chi connectivity index (χ4n) is 1.61. The maximum atomic E-state index is 11.6. The standard InChI is InChI=1S/C14H29NO3S/c1-5-6-7-8-9-10-11-12-13(16)15-19-14(2,17-3)18-4/h5-12H2,1-4H3,(H,15,16). The molecule has 0 aliphatic rings. The van der Waals surface area contributed by atoms with E-state index in [0.29, 0.717) is 6.42 Å².